The van der Waals surface area contributed by atoms with Crippen molar-refractivity contribution < 1.29 is 19.1 Å². The predicted octanol–water partition coefficient (Wildman–Crippen LogP) is 4.94. The number of hydrogen-bond acceptors (Lipinski definition) is 5. The number of hydrazone groups is 1. The number of nitrogens with zero attached hydrogens (tertiary/aromatic N) is 1. The Labute approximate surface area is 200 Å². The van der Waals surface area contributed by atoms with Crippen LogP contribution in [0.3, 0.4) is 0 Å². The molecule has 0 bridgehead atoms. The highest BCUT2D eigenvalue weighted by molar-refractivity contribution is 9.10. The van der Waals surface area contributed by atoms with Crippen LogP contribution in [0.2, 0.25) is 0 Å². The molecule has 0 radical (unpaired) electrons. The SMILES string of the molecule is CCOc1cc(/C=N/NC(=O)c2cccc(Br)c2)ccc1OCC(=O)Nc1ccc(C)cc1. The standard InChI is InChI=1S/C25H24BrN3O4/c1-3-32-23-13-18(15-27-29-25(31)19-5-4-6-20(26)14-19)9-12-22(23)33-16-24(30)28-21-10-7-17(2)8-11-21/h4-15H,3,16H2,1-2H3,(H,28,30)(H,29,31)/b27-15+. The van der Waals surface area contributed by atoms with Gasteiger partial charge in [-0.1, -0.05) is 39.7 Å². The number of nitrogens with one attached hydrogen (secondary N) is 2. The third-order valence-electron chi connectivity index (χ3n) is 4.43. The number of benzene rings is 3. The summed E-state index contributed by atoms with van der Waals surface area (Å²) in [5.41, 5.74) is 5.50. The van der Waals surface area contributed by atoms with Gasteiger partial charge in [0.15, 0.2) is 18.1 Å². The number of carbonyl (C=O) groups excluding carboxylic acids is 2. The van der Waals surface area contributed by atoms with Crippen molar-refractivity contribution in [2.24, 2.45) is 5.10 Å². The molecule has 8 heteroatoms. The van der Waals surface area contributed by atoms with E-state index < -0.39 is 0 Å². The van der Waals surface area contributed by atoms with E-state index in [1.54, 1.807) is 36.4 Å². The maximum Gasteiger partial charge on any atom is 0.271 e. The first-order valence-corrected chi connectivity index (χ1v) is 11.1. The van der Waals surface area contributed by atoms with E-state index in [2.05, 4.69) is 31.8 Å². The predicted molar refractivity (Wildman–Crippen MR) is 132 cm³/mol. The lowest BCUT2D eigenvalue weighted by Gasteiger charge is -2.12. The minimum Gasteiger partial charge on any atom is -0.490 e. The smallest absolute Gasteiger partial charge is 0.271 e. The van der Waals surface area contributed by atoms with Crippen molar-refractivity contribution in [3.05, 3.63) is 87.9 Å². The monoisotopic (exact) mass is 509 g/mol. The molecule has 0 aliphatic carbocycles. The summed E-state index contributed by atoms with van der Waals surface area (Å²) < 4.78 is 12.1. The van der Waals surface area contributed by atoms with E-state index in [4.69, 9.17) is 9.47 Å². The molecule has 0 aromatic heterocycles. The summed E-state index contributed by atoms with van der Waals surface area (Å²) in [7, 11) is 0. The average molecular weight is 510 g/mol. The van der Waals surface area contributed by atoms with Crippen LogP contribution in [-0.2, 0) is 4.79 Å². The second-order valence-corrected chi connectivity index (χ2v) is 7.97. The third-order valence-corrected chi connectivity index (χ3v) is 4.92. The number of rotatable bonds is 9. The Hall–Kier alpha value is -3.65. The highest BCUT2D eigenvalue weighted by Crippen LogP contribution is 2.28. The zero-order chi connectivity index (χ0) is 23.6. The number of ether oxygens (including phenoxy) is 2. The summed E-state index contributed by atoms with van der Waals surface area (Å²) in [5.74, 6) is 0.313. The molecule has 0 fully saturated rings. The first kappa shape index (κ1) is 24.0. The van der Waals surface area contributed by atoms with E-state index in [0.717, 1.165) is 10.0 Å². The summed E-state index contributed by atoms with van der Waals surface area (Å²) in [6, 6.07) is 19.7. The van der Waals surface area contributed by atoms with Crippen molar-refractivity contribution in [3.8, 4) is 11.5 Å². The Kier molecular flexibility index (Phi) is 8.60. The van der Waals surface area contributed by atoms with Gasteiger partial charge in [0.05, 0.1) is 12.8 Å². The number of hydrogen-bond donors (Lipinski definition) is 2. The molecule has 0 spiro atoms. The molecule has 7 nitrogen and oxygen atoms in total. The van der Waals surface area contributed by atoms with E-state index >= 15 is 0 Å². The van der Waals surface area contributed by atoms with Crippen LogP contribution in [0.4, 0.5) is 5.69 Å². The van der Waals surface area contributed by atoms with Gasteiger partial charge >= 0.3 is 0 Å². The van der Waals surface area contributed by atoms with Crippen LogP contribution in [0, 0.1) is 6.92 Å². The first-order valence-electron chi connectivity index (χ1n) is 10.3. The lowest BCUT2D eigenvalue weighted by molar-refractivity contribution is -0.118. The minimum absolute atomic E-state index is 0.163. The molecule has 2 N–H and O–H groups in total. The molecular weight excluding hydrogens is 486 g/mol. The van der Waals surface area contributed by atoms with Crippen molar-refractivity contribution in [2.45, 2.75) is 13.8 Å². The second kappa shape index (κ2) is 11.8. The van der Waals surface area contributed by atoms with Gasteiger partial charge in [-0.15, -0.1) is 0 Å². The van der Waals surface area contributed by atoms with Gasteiger partial charge in [0, 0.05) is 15.7 Å². The molecule has 0 atom stereocenters. The van der Waals surface area contributed by atoms with Crippen LogP contribution in [0.15, 0.2) is 76.3 Å². The normalized spacial score (nSPS) is 10.6. The van der Waals surface area contributed by atoms with Crippen LogP contribution in [0.5, 0.6) is 11.5 Å². The number of anilines is 1. The van der Waals surface area contributed by atoms with Crippen molar-refractivity contribution in [3.63, 3.8) is 0 Å². The largest absolute Gasteiger partial charge is 0.490 e. The quantitative estimate of drug-likeness (QED) is 0.316. The molecule has 0 aliphatic rings. The molecule has 3 rings (SSSR count). The molecule has 170 valence electrons. The Bertz CT molecular complexity index is 1150. The molecule has 2 amide bonds. The minimum atomic E-state index is -0.322. The van der Waals surface area contributed by atoms with Crippen LogP contribution >= 0.6 is 15.9 Å². The molecule has 3 aromatic carbocycles. The zero-order valence-corrected chi connectivity index (χ0v) is 19.9. The van der Waals surface area contributed by atoms with Crippen molar-refractivity contribution >= 4 is 39.6 Å². The zero-order valence-electron chi connectivity index (χ0n) is 18.3. The maximum atomic E-state index is 12.2. The fourth-order valence-electron chi connectivity index (χ4n) is 2.83. The molecule has 0 heterocycles. The van der Waals surface area contributed by atoms with E-state index in [9.17, 15) is 9.59 Å². The number of amides is 2. The van der Waals surface area contributed by atoms with Crippen LogP contribution in [-0.4, -0.2) is 31.2 Å². The average Bonchev–Trinajstić information content (AvgIpc) is 2.80. The highest BCUT2D eigenvalue weighted by atomic mass is 79.9. The van der Waals surface area contributed by atoms with Crippen molar-refractivity contribution in [1.29, 1.82) is 0 Å². The first-order chi connectivity index (χ1) is 15.9. The second-order valence-electron chi connectivity index (χ2n) is 7.05. The van der Waals surface area contributed by atoms with Gasteiger partial charge in [-0.3, -0.25) is 9.59 Å². The summed E-state index contributed by atoms with van der Waals surface area (Å²) in [6.07, 6.45) is 1.51. The van der Waals surface area contributed by atoms with E-state index in [1.165, 1.54) is 6.21 Å². The van der Waals surface area contributed by atoms with E-state index in [-0.39, 0.29) is 18.4 Å². The summed E-state index contributed by atoms with van der Waals surface area (Å²) in [5, 5.41) is 6.79. The van der Waals surface area contributed by atoms with Crippen LogP contribution in [0.25, 0.3) is 0 Å². The molecule has 0 aliphatic heterocycles. The summed E-state index contributed by atoms with van der Waals surface area (Å²) >= 11 is 3.34. The third kappa shape index (κ3) is 7.47. The number of carbonyl (C=O) groups is 2. The summed E-state index contributed by atoms with van der Waals surface area (Å²) in [6.45, 7) is 4.09. The fraction of sp³-hybridized carbons (Fsp3) is 0.160. The van der Waals surface area contributed by atoms with Gasteiger partial charge in [0.25, 0.3) is 11.8 Å². The Morgan fingerprint density at radius 3 is 2.52 bits per heavy atom. The highest BCUT2D eigenvalue weighted by Gasteiger charge is 2.10. The molecule has 0 saturated carbocycles. The summed E-state index contributed by atoms with van der Waals surface area (Å²) in [4.78, 5) is 24.4. The Morgan fingerprint density at radius 2 is 1.79 bits per heavy atom. The molecule has 33 heavy (non-hydrogen) atoms. The van der Waals surface area contributed by atoms with Gasteiger partial charge in [0.1, 0.15) is 0 Å². The van der Waals surface area contributed by atoms with Crippen LogP contribution < -0.4 is 20.2 Å². The van der Waals surface area contributed by atoms with Gasteiger partial charge in [-0.05, 0) is 67.9 Å². The lowest BCUT2D eigenvalue weighted by Crippen LogP contribution is -2.20. The number of aryl methyl sites for hydroxylation is 1. The lowest BCUT2D eigenvalue weighted by atomic mass is 10.2. The van der Waals surface area contributed by atoms with E-state index in [1.807, 2.05) is 44.2 Å². The van der Waals surface area contributed by atoms with E-state index in [0.29, 0.717) is 34.9 Å². The number of halogens is 1. The fourth-order valence-corrected chi connectivity index (χ4v) is 3.23. The molecular formula is C25H24BrN3O4. The van der Waals surface area contributed by atoms with Crippen LogP contribution in [0.1, 0.15) is 28.4 Å². The maximum absolute atomic E-state index is 12.2. The Morgan fingerprint density at radius 1 is 1.00 bits per heavy atom. The van der Waals surface area contributed by atoms with Gasteiger partial charge < -0.3 is 14.8 Å². The van der Waals surface area contributed by atoms with Crippen molar-refractivity contribution in [1.82, 2.24) is 5.43 Å². The molecule has 3 aromatic rings. The topological polar surface area (TPSA) is 89.0 Å². The van der Waals surface area contributed by atoms with Gasteiger partial charge in [0.2, 0.25) is 0 Å². The van der Waals surface area contributed by atoms with Gasteiger partial charge in [-0.25, -0.2) is 5.43 Å². The Balaban J connectivity index is 1.59. The molecule has 0 saturated heterocycles. The molecule has 0 unspecified atom stereocenters. The van der Waals surface area contributed by atoms with Crippen molar-refractivity contribution in [2.75, 3.05) is 18.5 Å². The van der Waals surface area contributed by atoms with Gasteiger partial charge in [-0.2, -0.15) is 5.10 Å².